The van der Waals surface area contributed by atoms with E-state index < -0.39 is 14.6 Å². The van der Waals surface area contributed by atoms with Gasteiger partial charge in [-0.3, -0.25) is 0 Å². The van der Waals surface area contributed by atoms with Gasteiger partial charge >= 0.3 is 0 Å². The third-order valence-corrected chi connectivity index (χ3v) is 7.07. The summed E-state index contributed by atoms with van der Waals surface area (Å²) in [5, 5.41) is 0.238. The number of alkyl halides is 1. The average Bonchev–Trinajstić information content (AvgIpc) is 2.43. The molecule has 0 radical (unpaired) electrons. The van der Waals surface area contributed by atoms with Crippen LogP contribution in [-0.2, 0) is 9.84 Å². The molecule has 96 valence electrons. The van der Waals surface area contributed by atoms with Crippen LogP contribution in [0.25, 0.3) is 0 Å². The predicted octanol–water partition coefficient (Wildman–Crippen LogP) is 3.24. The van der Waals surface area contributed by atoms with Crippen molar-refractivity contribution in [1.29, 1.82) is 0 Å². The number of halogens is 1. The summed E-state index contributed by atoms with van der Waals surface area (Å²) in [6.45, 7) is 7.44. The van der Waals surface area contributed by atoms with Crippen molar-refractivity contribution in [2.45, 2.75) is 57.1 Å². The predicted molar refractivity (Wildman–Crippen MR) is 69.7 cm³/mol. The van der Waals surface area contributed by atoms with E-state index in [2.05, 4.69) is 6.92 Å². The van der Waals surface area contributed by atoms with Gasteiger partial charge in [0.05, 0.1) is 10.5 Å². The van der Waals surface area contributed by atoms with Crippen molar-refractivity contribution in [3.8, 4) is 0 Å². The van der Waals surface area contributed by atoms with Gasteiger partial charge in [0.1, 0.15) is 0 Å². The molecule has 3 atom stereocenters. The lowest BCUT2D eigenvalue weighted by Crippen LogP contribution is -2.31. The zero-order valence-corrected chi connectivity index (χ0v) is 12.2. The zero-order chi connectivity index (χ0) is 12.6. The Morgan fingerprint density at radius 3 is 2.19 bits per heavy atom. The maximum absolute atomic E-state index is 12.0. The highest BCUT2D eigenvalue weighted by atomic mass is 35.5. The highest BCUT2D eigenvalue weighted by Crippen LogP contribution is 2.37. The van der Waals surface area contributed by atoms with E-state index in [1.165, 1.54) is 0 Å². The van der Waals surface area contributed by atoms with Crippen molar-refractivity contribution in [2.75, 3.05) is 5.75 Å². The quantitative estimate of drug-likeness (QED) is 0.735. The second-order valence-corrected chi connectivity index (χ2v) is 9.36. The van der Waals surface area contributed by atoms with Crippen LogP contribution in [0.15, 0.2) is 0 Å². The zero-order valence-electron chi connectivity index (χ0n) is 10.7. The fraction of sp³-hybridized carbons (Fsp3) is 1.00. The molecule has 0 heterocycles. The third kappa shape index (κ3) is 3.13. The summed E-state index contributed by atoms with van der Waals surface area (Å²) >= 11 is 6.15. The second-order valence-electron chi connectivity index (χ2n) is 5.93. The van der Waals surface area contributed by atoms with Gasteiger partial charge in [-0.25, -0.2) is 8.42 Å². The van der Waals surface area contributed by atoms with E-state index in [1.54, 1.807) is 20.8 Å². The average molecular weight is 267 g/mol. The molecular weight excluding hydrogens is 244 g/mol. The Bertz CT molecular complexity index is 329. The molecule has 0 aromatic rings. The molecule has 3 unspecified atom stereocenters. The van der Waals surface area contributed by atoms with Crippen LogP contribution in [0.2, 0.25) is 0 Å². The van der Waals surface area contributed by atoms with Crippen LogP contribution < -0.4 is 0 Å². The highest BCUT2D eigenvalue weighted by molar-refractivity contribution is 7.92. The van der Waals surface area contributed by atoms with Crippen LogP contribution in [-0.4, -0.2) is 24.3 Å². The largest absolute Gasteiger partial charge is 0.228 e. The van der Waals surface area contributed by atoms with Crippen molar-refractivity contribution >= 4 is 21.4 Å². The van der Waals surface area contributed by atoms with Crippen molar-refractivity contribution < 1.29 is 8.42 Å². The minimum atomic E-state index is -2.97. The Labute approximate surface area is 105 Å². The lowest BCUT2D eigenvalue weighted by molar-refractivity contribution is 0.408. The van der Waals surface area contributed by atoms with Crippen LogP contribution in [0.4, 0.5) is 0 Å². The van der Waals surface area contributed by atoms with Gasteiger partial charge in [-0.2, -0.15) is 0 Å². The van der Waals surface area contributed by atoms with E-state index >= 15 is 0 Å². The van der Waals surface area contributed by atoms with Crippen LogP contribution in [0, 0.1) is 11.8 Å². The Kier molecular flexibility index (Phi) is 4.34. The molecule has 4 heteroatoms. The summed E-state index contributed by atoms with van der Waals surface area (Å²) in [5.74, 6) is 1.24. The maximum Gasteiger partial charge on any atom is 0.155 e. The van der Waals surface area contributed by atoms with E-state index in [4.69, 9.17) is 11.6 Å². The molecule has 0 aliphatic heterocycles. The van der Waals surface area contributed by atoms with Crippen LogP contribution in [0.1, 0.15) is 47.0 Å². The summed E-state index contributed by atoms with van der Waals surface area (Å²) in [7, 11) is -2.97. The number of hydrogen-bond acceptors (Lipinski definition) is 2. The number of rotatable bonds is 3. The van der Waals surface area contributed by atoms with Gasteiger partial charge in [-0.05, 0) is 51.9 Å². The van der Waals surface area contributed by atoms with Gasteiger partial charge in [-0.15, -0.1) is 11.6 Å². The minimum Gasteiger partial charge on any atom is -0.228 e. The number of sulfone groups is 1. The Morgan fingerprint density at radius 2 is 1.81 bits per heavy atom. The first-order valence-electron chi connectivity index (χ1n) is 6.01. The van der Waals surface area contributed by atoms with Gasteiger partial charge in [-0.1, -0.05) is 6.92 Å². The van der Waals surface area contributed by atoms with Gasteiger partial charge in [0.15, 0.2) is 9.84 Å². The second kappa shape index (κ2) is 4.85. The van der Waals surface area contributed by atoms with E-state index in [-0.39, 0.29) is 5.38 Å². The molecule has 0 amide bonds. The Morgan fingerprint density at radius 1 is 1.25 bits per heavy atom. The maximum atomic E-state index is 12.0. The normalized spacial score (nSPS) is 31.9. The standard InChI is InChI=1S/C12H23ClO2S/c1-9-10(5-6-11(9)13)7-8-16(14,15)12(2,3)4/h9-11H,5-8H2,1-4H3. The number of hydrogen-bond donors (Lipinski definition) is 0. The molecule has 1 aliphatic rings. The van der Waals surface area contributed by atoms with Crippen LogP contribution in [0.5, 0.6) is 0 Å². The summed E-state index contributed by atoms with van der Waals surface area (Å²) in [4.78, 5) is 0. The van der Waals surface area contributed by atoms with Gasteiger partial charge in [0, 0.05) is 5.38 Å². The first-order valence-corrected chi connectivity index (χ1v) is 8.10. The molecule has 1 fully saturated rings. The van der Waals surface area contributed by atoms with E-state index in [0.717, 1.165) is 19.3 Å². The molecule has 0 aromatic heterocycles. The Balaban J connectivity index is 2.53. The molecule has 16 heavy (non-hydrogen) atoms. The molecule has 0 aromatic carbocycles. The Hall–Kier alpha value is 0.240. The third-order valence-electron chi connectivity index (χ3n) is 3.82. The van der Waals surface area contributed by atoms with Crippen LogP contribution >= 0.6 is 11.6 Å². The lowest BCUT2D eigenvalue weighted by atomic mass is 9.95. The van der Waals surface area contributed by atoms with Crippen molar-refractivity contribution in [2.24, 2.45) is 11.8 Å². The fourth-order valence-electron chi connectivity index (χ4n) is 2.21. The molecule has 1 saturated carbocycles. The van der Waals surface area contributed by atoms with Crippen LogP contribution in [0.3, 0.4) is 0 Å². The van der Waals surface area contributed by atoms with E-state index in [9.17, 15) is 8.42 Å². The van der Waals surface area contributed by atoms with E-state index in [1.807, 2.05) is 0 Å². The van der Waals surface area contributed by atoms with E-state index in [0.29, 0.717) is 17.6 Å². The molecule has 0 N–H and O–H groups in total. The highest BCUT2D eigenvalue weighted by Gasteiger charge is 2.34. The van der Waals surface area contributed by atoms with Gasteiger partial charge < -0.3 is 0 Å². The molecule has 0 saturated heterocycles. The van der Waals surface area contributed by atoms with Crippen molar-refractivity contribution in [3.05, 3.63) is 0 Å². The molecular formula is C12H23ClO2S. The SMILES string of the molecule is CC1C(Cl)CCC1CCS(=O)(=O)C(C)(C)C. The van der Waals surface area contributed by atoms with Gasteiger partial charge in [0.25, 0.3) is 0 Å². The lowest BCUT2D eigenvalue weighted by Gasteiger charge is -2.22. The summed E-state index contributed by atoms with van der Waals surface area (Å²) in [6, 6.07) is 0. The van der Waals surface area contributed by atoms with Gasteiger partial charge in [0.2, 0.25) is 0 Å². The minimum absolute atomic E-state index is 0.238. The molecule has 1 aliphatic carbocycles. The monoisotopic (exact) mass is 266 g/mol. The summed E-state index contributed by atoms with van der Waals surface area (Å²) < 4.78 is 23.3. The molecule has 0 bridgehead atoms. The molecule has 1 rings (SSSR count). The first kappa shape index (κ1) is 14.3. The smallest absolute Gasteiger partial charge is 0.155 e. The first-order chi connectivity index (χ1) is 7.15. The van der Waals surface area contributed by atoms with Crippen molar-refractivity contribution in [1.82, 2.24) is 0 Å². The molecule has 0 spiro atoms. The summed E-state index contributed by atoms with van der Waals surface area (Å²) in [5.41, 5.74) is 0. The summed E-state index contributed by atoms with van der Waals surface area (Å²) in [6.07, 6.45) is 2.88. The van der Waals surface area contributed by atoms with Crippen molar-refractivity contribution in [3.63, 3.8) is 0 Å². The molecule has 2 nitrogen and oxygen atoms in total. The fourth-order valence-corrected chi connectivity index (χ4v) is 3.77. The topological polar surface area (TPSA) is 34.1 Å².